The van der Waals surface area contributed by atoms with Crippen molar-refractivity contribution in [3.63, 3.8) is 0 Å². The molecule has 0 fully saturated rings. The van der Waals surface area contributed by atoms with Gasteiger partial charge in [-0.1, -0.05) is 38.1 Å². The van der Waals surface area contributed by atoms with Crippen LogP contribution in [0.25, 0.3) is 0 Å². The summed E-state index contributed by atoms with van der Waals surface area (Å²) < 4.78 is 5.59. The zero-order valence-corrected chi connectivity index (χ0v) is 9.92. The Labute approximate surface area is 92.6 Å². The highest BCUT2D eigenvalue weighted by Crippen LogP contribution is 2.07. The van der Waals surface area contributed by atoms with Crippen LogP contribution in [0, 0.1) is 5.92 Å². The molecule has 0 heterocycles. The lowest BCUT2D eigenvalue weighted by Gasteiger charge is -2.08. The Morgan fingerprint density at radius 2 is 2.00 bits per heavy atom. The molecule has 0 aliphatic heterocycles. The largest absolute Gasteiger partial charge is 0.377 e. The lowest BCUT2D eigenvalue weighted by atomic mass is 10.1. The Bertz CT molecular complexity index is 284. The van der Waals surface area contributed by atoms with Gasteiger partial charge in [-0.05, 0) is 24.1 Å². The number of benzene rings is 1. The summed E-state index contributed by atoms with van der Waals surface area (Å²) >= 11 is 0. The Morgan fingerprint density at radius 1 is 1.27 bits per heavy atom. The Kier molecular flexibility index (Phi) is 5.37. The third-order valence-electron chi connectivity index (χ3n) is 2.09. The average Bonchev–Trinajstić information content (AvgIpc) is 2.18. The average molecular weight is 207 g/mol. The molecule has 0 spiro atoms. The summed E-state index contributed by atoms with van der Waals surface area (Å²) in [5.41, 5.74) is 2.56. The molecule has 1 rings (SSSR count). The minimum atomic E-state index is 0.602. The Hall–Kier alpha value is -0.860. The van der Waals surface area contributed by atoms with Crippen molar-refractivity contribution in [2.75, 3.05) is 13.7 Å². The van der Waals surface area contributed by atoms with Crippen molar-refractivity contribution in [1.29, 1.82) is 0 Å². The molecule has 0 atom stereocenters. The molecular formula is C13H21NO. The highest BCUT2D eigenvalue weighted by atomic mass is 16.5. The molecule has 0 aromatic heterocycles. The first-order valence-electron chi connectivity index (χ1n) is 5.52. The maximum atomic E-state index is 5.59. The summed E-state index contributed by atoms with van der Waals surface area (Å²) in [6, 6.07) is 8.51. The van der Waals surface area contributed by atoms with Crippen molar-refractivity contribution < 1.29 is 4.74 Å². The van der Waals surface area contributed by atoms with E-state index in [1.165, 1.54) is 11.1 Å². The fourth-order valence-electron chi connectivity index (χ4n) is 1.45. The third kappa shape index (κ3) is 4.96. The van der Waals surface area contributed by atoms with Crippen LogP contribution >= 0.6 is 0 Å². The molecule has 0 radical (unpaired) electrons. The van der Waals surface area contributed by atoms with Crippen LogP contribution in [-0.4, -0.2) is 13.7 Å². The first-order valence-corrected chi connectivity index (χ1v) is 5.52. The molecule has 1 aromatic carbocycles. The molecule has 0 saturated heterocycles. The van der Waals surface area contributed by atoms with Gasteiger partial charge in [0, 0.05) is 13.2 Å². The molecule has 1 aromatic rings. The van der Waals surface area contributed by atoms with Gasteiger partial charge >= 0.3 is 0 Å². The third-order valence-corrected chi connectivity index (χ3v) is 2.09. The molecular weight excluding hydrogens is 186 g/mol. The molecule has 2 nitrogen and oxygen atoms in total. The van der Waals surface area contributed by atoms with Crippen molar-refractivity contribution in [1.82, 2.24) is 5.32 Å². The summed E-state index contributed by atoms with van der Waals surface area (Å²) in [6.45, 7) is 6.79. The van der Waals surface area contributed by atoms with Gasteiger partial charge < -0.3 is 10.1 Å². The van der Waals surface area contributed by atoms with E-state index < -0.39 is 0 Å². The van der Waals surface area contributed by atoms with Gasteiger partial charge in [0.15, 0.2) is 0 Å². The maximum absolute atomic E-state index is 5.59. The smallest absolute Gasteiger partial charge is 0.0717 e. The molecule has 0 saturated carbocycles. The van der Waals surface area contributed by atoms with Crippen LogP contribution < -0.4 is 5.32 Å². The van der Waals surface area contributed by atoms with Gasteiger partial charge in [0.2, 0.25) is 0 Å². The lowest BCUT2D eigenvalue weighted by molar-refractivity contribution is 0.0970. The van der Waals surface area contributed by atoms with Gasteiger partial charge in [0.05, 0.1) is 6.61 Å². The van der Waals surface area contributed by atoms with Crippen LogP contribution in [0.1, 0.15) is 25.0 Å². The zero-order valence-electron chi connectivity index (χ0n) is 9.92. The van der Waals surface area contributed by atoms with Gasteiger partial charge in [-0.2, -0.15) is 0 Å². The number of hydrogen-bond donors (Lipinski definition) is 1. The number of rotatable bonds is 6. The predicted molar refractivity (Wildman–Crippen MR) is 63.7 cm³/mol. The monoisotopic (exact) mass is 207 g/mol. The van der Waals surface area contributed by atoms with Crippen LogP contribution in [0.2, 0.25) is 0 Å². The standard InChI is InChI=1S/C13H21NO/c1-11(2)9-15-10-13-6-4-5-12(7-13)8-14-3/h4-7,11,14H,8-10H2,1-3H3. The molecule has 15 heavy (non-hydrogen) atoms. The minimum absolute atomic E-state index is 0.602. The highest BCUT2D eigenvalue weighted by molar-refractivity contribution is 5.22. The van der Waals surface area contributed by atoms with E-state index in [-0.39, 0.29) is 0 Å². The summed E-state index contributed by atoms with van der Waals surface area (Å²) in [4.78, 5) is 0. The lowest BCUT2D eigenvalue weighted by Crippen LogP contribution is -2.06. The van der Waals surface area contributed by atoms with Crippen LogP contribution in [-0.2, 0) is 17.9 Å². The fourth-order valence-corrected chi connectivity index (χ4v) is 1.45. The van der Waals surface area contributed by atoms with E-state index in [9.17, 15) is 0 Å². The minimum Gasteiger partial charge on any atom is -0.377 e. The van der Waals surface area contributed by atoms with Crippen molar-refractivity contribution in [2.24, 2.45) is 5.92 Å². The SMILES string of the molecule is CNCc1cccc(COCC(C)C)c1. The molecule has 84 valence electrons. The van der Waals surface area contributed by atoms with E-state index in [2.05, 4.69) is 43.4 Å². The van der Waals surface area contributed by atoms with Crippen molar-refractivity contribution >= 4 is 0 Å². The van der Waals surface area contributed by atoms with Gasteiger partial charge in [-0.25, -0.2) is 0 Å². The normalized spacial score (nSPS) is 10.9. The van der Waals surface area contributed by atoms with Crippen LogP contribution in [0.5, 0.6) is 0 Å². The van der Waals surface area contributed by atoms with Crippen molar-refractivity contribution in [3.8, 4) is 0 Å². The summed E-state index contributed by atoms with van der Waals surface area (Å²) in [6.07, 6.45) is 0. The predicted octanol–water partition coefficient (Wildman–Crippen LogP) is 2.58. The summed E-state index contributed by atoms with van der Waals surface area (Å²) in [5.74, 6) is 0.602. The van der Waals surface area contributed by atoms with Crippen molar-refractivity contribution in [2.45, 2.75) is 27.0 Å². The van der Waals surface area contributed by atoms with Gasteiger partial charge in [-0.3, -0.25) is 0 Å². The van der Waals surface area contributed by atoms with E-state index in [4.69, 9.17) is 4.74 Å². The Morgan fingerprint density at radius 3 is 2.67 bits per heavy atom. The van der Waals surface area contributed by atoms with Gasteiger partial charge in [0.1, 0.15) is 0 Å². The number of ether oxygens (including phenoxy) is 1. The molecule has 0 unspecified atom stereocenters. The molecule has 0 amide bonds. The van der Waals surface area contributed by atoms with Crippen LogP contribution in [0.3, 0.4) is 0 Å². The summed E-state index contributed by atoms with van der Waals surface area (Å²) in [5, 5.41) is 3.14. The second kappa shape index (κ2) is 6.59. The van der Waals surface area contributed by atoms with Gasteiger partial charge in [0.25, 0.3) is 0 Å². The highest BCUT2D eigenvalue weighted by Gasteiger charge is 1.97. The Balaban J connectivity index is 2.43. The van der Waals surface area contributed by atoms with E-state index in [0.717, 1.165) is 19.8 Å². The maximum Gasteiger partial charge on any atom is 0.0717 e. The van der Waals surface area contributed by atoms with Crippen molar-refractivity contribution in [3.05, 3.63) is 35.4 Å². The molecule has 0 bridgehead atoms. The van der Waals surface area contributed by atoms with E-state index in [1.807, 2.05) is 7.05 Å². The fraction of sp³-hybridized carbons (Fsp3) is 0.538. The number of nitrogens with one attached hydrogen (secondary N) is 1. The quantitative estimate of drug-likeness (QED) is 0.774. The van der Waals surface area contributed by atoms with Crippen LogP contribution in [0.15, 0.2) is 24.3 Å². The van der Waals surface area contributed by atoms with Gasteiger partial charge in [-0.15, -0.1) is 0 Å². The molecule has 2 heteroatoms. The summed E-state index contributed by atoms with van der Waals surface area (Å²) in [7, 11) is 1.96. The number of hydrogen-bond acceptors (Lipinski definition) is 2. The zero-order chi connectivity index (χ0) is 11.1. The second-order valence-corrected chi connectivity index (χ2v) is 4.26. The first kappa shape index (κ1) is 12.2. The molecule has 1 N–H and O–H groups in total. The topological polar surface area (TPSA) is 21.3 Å². The molecule has 0 aliphatic carbocycles. The molecule has 0 aliphatic rings. The van der Waals surface area contributed by atoms with E-state index >= 15 is 0 Å². The first-order chi connectivity index (χ1) is 7.22. The van der Waals surface area contributed by atoms with Crippen LogP contribution in [0.4, 0.5) is 0 Å². The second-order valence-electron chi connectivity index (χ2n) is 4.26. The van der Waals surface area contributed by atoms with E-state index in [1.54, 1.807) is 0 Å². The van der Waals surface area contributed by atoms with E-state index in [0.29, 0.717) is 5.92 Å².